The molecule has 7 heteroatoms. The van der Waals surface area contributed by atoms with Gasteiger partial charge in [0, 0.05) is 21.2 Å². The van der Waals surface area contributed by atoms with Crippen LogP contribution in [0, 0.1) is 0 Å². The van der Waals surface area contributed by atoms with Gasteiger partial charge in [0.25, 0.3) is 5.91 Å². The SMILES string of the molecule is COc1ccc(/C=N\NC(=O)c2ccc(OCc3ccc(Cl)cc3Cl)cc2)cc1. The third kappa shape index (κ3) is 5.98. The molecular weight excluding hydrogens is 411 g/mol. The second-order valence-corrected chi connectivity index (χ2v) is 6.86. The fourth-order valence-corrected chi connectivity index (χ4v) is 2.89. The van der Waals surface area contributed by atoms with E-state index in [4.69, 9.17) is 32.7 Å². The molecule has 0 unspecified atom stereocenters. The second-order valence-electron chi connectivity index (χ2n) is 6.02. The van der Waals surface area contributed by atoms with Crippen LogP contribution >= 0.6 is 23.2 Å². The first-order valence-corrected chi connectivity index (χ1v) is 9.45. The van der Waals surface area contributed by atoms with E-state index in [1.807, 2.05) is 30.3 Å². The average molecular weight is 429 g/mol. The first-order valence-electron chi connectivity index (χ1n) is 8.69. The summed E-state index contributed by atoms with van der Waals surface area (Å²) in [5.74, 6) is 1.06. The van der Waals surface area contributed by atoms with Gasteiger partial charge >= 0.3 is 0 Å². The summed E-state index contributed by atoms with van der Waals surface area (Å²) in [6, 6.07) is 19.3. The van der Waals surface area contributed by atoms with Crippen molar-refractivity contribution in [2.24, 2.45) is 5.10 Å². The van der Waals surface area contributed by atoms with E-state index in [-0.39, 0.29) is 5.91 Å². The van der Waals surface area contributed by atoms with Crippen molar-refractivity contribution in [1.82, 2.24) is 5.43 Å². The number of methoxy groups -OCH3 is 1. The number of hydrazone groups is 1. The molecule has 0 spiro atoms. The van der Waals surface area contributed by atoms with E-state index in [0.29, 0.717) is 28.0 Å². The Morgan fingerprint density at radius 1 is 1.00 bits per heavy atom. The molecule has 0 aliphatic heterocycles. The summed E-state index contributed by atoms with van der Waals surface area (Å²) in [5, 5.41) is 5.08. The molecule has 1 N–H and O–H groups in total. The largest absolute Gasteiger partial charge is 0.497 e. The zero-order valence-electron chi connectivity index (χ0n) is 15.6. The van der Waals surface area contributed by atoms with Gasteiger partial charge in [-0.2, -0.15) is 5.10 Å². The molecule has 0 fully saturated rings. The molecule has 29 heavy (non-hydrogen) atoms. The summed E-state index contributed by atoms with van der Waals surface area (Å²) in [6.07, 6.45) is 1.56. The van der Waals surface area contributed by atoms with Crippen molar-refractivity contribution in [1.29, 1.82) is 0 Å². The van der Waals surface area contributed by atoms with Gasteiger partial charge in [-0.25, -0.2) is 5.43 Å². The van der Waals surface area contributed by atoms with Crippen LogP contribution in [0.15, 0.2) is 71.8 Å². The molecular formula is C22H18Cl2N2O3. The maximum absolute atomic E-state index is 12.2. The Morgan fingerprint density at radius 3 is 2.34 bits per heavy atom. The standard InChI is InChI=1S/C22H18Cl2N2O3/c1-28-19-8-2-15(3-9-19)13-25-26-22(27)16-5-10-20(11-6-16)29-14-17-4-7-18(23)12-21(17)24/h2-13H,14H2,1H3,(H,26,27)/b25-13-. The molecule has 0 saturated heterocycles. The summed E-state index contributed by atoms with van der Waals surface area (Å²) in [7, 11) is 1.60. The van der Waals surface area contributed by atoms with Gasteiger partial charge in [-0.05, 0) is 66.2 Å². The van der Waals surface area contributed by atoms with Crippen molar-refractivity contribution in [3.8, 4) is 11.5 Å². The third-order valence-corrected chi connectivity index (χ3v) is 4.61. The van der Waals surface area contributed by atoms with Gasteiger partial charge < -0.3 is 9.47 Å². The molecule has 3 aromatic rings. The van der Waals surface area contributed by atoms with E-state index in [9.17, 15) is 4.79 Å². The van der Waals surface area contributed by atoms with Crippen LogP contribution < -0.4 is 14.9 Å². The van der Waals surface area contributed by atoms with Crippen molar-refractivity contribution < 1.29 is 14.3 Å². The van der Waals surface area contributed by atoms with Gasteiger partial charge in [0.05, 0.1) is 13.3 Å². The highest BCUT2D eigenvalue weighted by Crippen LogP contribution is 2.23. The van der Waals surface area contributed by atoms with Gasteiger partial charge in [0.1, 0.15) is 18.1 Å². The van der Waals surface area contributed by atoms with Crippen LogP contribution in [-0.2, 0) is 6.61 Å². The molecule has 0 radical (unpaired) electrons. The lowest BCUT2D eigenvalue weighted by atomic mass is 10.2. The van der Waals surface area contributed by atoms with Gasteiger partial charge in [0.15, 0.2) is 0 Å². The number of ether oxygens (including phenoxy) is 2. The lowest BCUT2D eigenvalue weighted by Crippen LogP contribution is -2.17. The highest BCUT2D eigenvalue weighted by Gasteiger charge is 2.06. The number of benzene rings is 3. The number of carbonyl (C=O) groups excluding carboxylic acids is 1. The number of carbonyl (C=O) groups is 1. The topological polar surface area (TPSA) is 59.9 Å². The van der Waals surface area contributed by atoms with E-state index in [0.717, 1.165) is 16.9 Å². The van der Waals surface area contributed by atoms with Crippen molar-refractivity contribution in [3.63, 3.8) is 0 Å². The van der Waals surface area contributed by atoms with Crippen LogP contribution in [0.5, 0.6) is 11.5 Å². The summed E-state index contributed by atoms with van der Waals surface area (Å²) < 4.78 is 10.8. The Balaban J connectivity index is 1.53. The van der Waals surface area contributed by atoms with Gasteiger partial charge in [-0.3, -0.25) is 4.79 Å². The summed E-state index contributed by atoms with van der Waals surface area (Å²) >= 11 is 12.0. The minimum absolute atomic E-state index is 0.299. The van der Waals surface area contributed by atoms with Crippen LogP contribution in [-0.4, -0.2) is 19.2 Å². The number of nitrogens with one attached hydrogen (secondary N) is 1. The fraction of sp³-hybridized carbons (Fsp3) is 0.0909. The third-order valence-electron chi connectivity index (χ3n) is 4.02. The molecule has 0 aliphatic carbocycles. The molecule has 3 rings (SSSR count). The lowest BCUT2D eigenvalue weighted by Gasteiger charge is -2.08. The molecule has 0 heterocycles. The van der Waals surface area contributed by atoms with Gasteiger partial charge in [-0.15, -0.1) is 0 Å². The summed E-state index contributed by atoms with van der Waals surface area (Å²) in [5.41, 5.74) is 4.63. The number of nitrogens with zero attached hydrogens (tertiary/aromatic N) is 1. The molecule has 0 aromatic heterocycles. The van der Waals surface area contributed by atoms with Crippen LogP contribution in [0.4, 0.5) is 0 Å². The maximum atomic E-state index is 12.2. The van der Waals surface area contributed by atoms with E-state index in [1.165, 1.54) is 0 Å². The van der Waals surface area contributed by atoms with Crippen LogP contribution in [0.1, 0.15) is 21.5 Å². The number of amides is 1. The second kappa shape index (κ2) is 9.96. The Kier molecular flexibility index (Phi) is 7.11. The highest BCUT2D eigenvalue weighted by molar-refractivity contribution is 6.35. The molecule has 0 bridgehead atoms. The van der Waals surface area contributed by atoms with Crippen molar-refractivity contribution in [2.75, 3.05) is 7.11 Å². The number of halogens is 2. The number of rotatable bonds is 7. The molecule has 0 aliphatic rings. The fourth-order valence-electron chi connectivity index (χ4n) is 2.42. The zero-order valence-corrected chi connectivity index (χ0v) is 17.1. The number of hydrogen-bond acceptors (Lipinski definition) is 4. The molecule has 1 amide bonds. The minimum Gasteiger partial charge on any atom is -0.497 e. The van der Waals surface area contributed by atoms with Crippen molar-refractivity contribution >= 4 is 35.3 Å². The highest BCUT2D eigenvalue weighted by atomic mass is 35.5. The van der Waals surface area contributed by atoms with E-state index in [1.54, 1.807) is 49.7 Å². The monoisotopic (exact) mass is 428 g/mol. The normalized spacial score (nSPS) is 10.7. The summed E-state index contributed by atoms with van der Waals surface area (Å²) in [6.45, 7) is 0.299. The molecule has 0 saturated carbocycles. The zero-order chi connectivity index (χ0) is 20.6. The Hall–Kier alpha value is -3.02. The van der Waals surface area contributed by atoms with Crippen molar-refractivity contribution in [3.05, 3.63) is 93.5 Å². The predicted molar refractivity (Wildman–Crippen MR) is 115 cm³/mol. The molecule has 148 valence electrons. The maximum Gasteiger partial charge on any atom is 0.271 e. The first kappa shape index (κ1) is 20.7. The van der Waals surface area contributed by atoms with Crippen LogP contribution in [0.25, 0.3) is 0 Å². The van der Waals surface area contributed by atoms with E-state index < -0.39 is 0 Å². The first-order chi connectivity index (χ1) is 14.0. The van der Waals surface area contributed by atoms with Gasteiger partial charge in [-0.1, -0.05) is 29.3 Å². The van der Waals surface area contributed by atoms with E-state index in [2.05, 4.69) is 10.5 Å². The van der Waals surface area contributed by atoms with Crippen LogP contribution in [0.3, 0.4) is 0 Å². The van der Waals surface area contributed by atoms with E-state index >= 15 is 0 Å². The molecule has 3 aromatic carbocycles. The quantitative estimate of drug-likeness (QED) is 0.407. The number of hydrogen-bond donors (Lipinski definition) is 1. The Bertz CT molecular complexity index is 1000. The lowest BCUT2D eigenvalue weighted by molar-refractivity contribution is 0.0955. The molecule has 0 atom stereocenters. The average Bonchev–Trinajstić information content (AvgIpc) is 2.74. The minimum atomic E-state index is -0.318. The molecule has 5 nitrogen and oxygen atoms in total. The Morgan fingerprint density at radius 2 is 1.69 bits per heavy atom. The van der Waals surface area contributed by atoms with Crippen LogP contribution in [0.2, 0.25) is 10.0 Å². The van der Waals surface area contributed by atoms with Gasteiger partial charge in [0.2, 0.25) is 0 Å². The smallest absolute Gasteiger partial charge is 0.271 e. The Labute approximate surface area is 178 Å². The summed E-state index contributed by atoms with van der Waals surface area (Å²) in [4.78, 5) is 12.2. The van der Waals surface area contributed by atoms with Crippen molar-refractivity contribution in [2.45, 2.75) is 6.61 Å². The predicted octanol–water partition coefficient (Wildman–Crippen LogP) is 5.34.